The number of rotatable bonds is 4. The highest BCUT2D eigenvalue weighted by Crippen LogP contribution is 2.24. The minimum atomic E-state index is 0.574. The van der Waals surface area contributed by atoms with E-state index in [0.717, 1.165) is 49.1 Å². The van der Waals surface area contributed by atoms with E-state index in [4.69, 9.17) is 11.6 Å². The Balaban J connectivity index is 1.45. The molecule has 1 aliphatic rings. The maximum absolute atomic E-state index is 6.10. The molecule has 0 spiro atoms. The van der Waals surface area contributed by atoms with Gasteiger partial charge in [0, 0.05) is 49.3 Å². The molecule has 0 amide bonds. The minimum Gasteiger partial charge on any atom is -0.353 e. The topological polar surface area (TPSA) is 57.2 Å². The zero-order valence-corrected chi connectivity index (χ0v) is 15.9. The lowest BCUT2D eigenvalue weighted by molar-refractivity contribution is 0.641. The van der Waals surface area contributed by atoms with Crippen LogP contribution in [-0.2, 0) is 0 Å². The van der Waals surface area contributed by atoms with Gasteiger partial charge in [-0.2, -0.15) is 4.98 Å². The fourth-order valence-electron chi connectivity index (χ4n) is 3.14. The van der Waals surface area contributed by atoms with Gasteiger partial charge in [0.25, 0.3) is 0 Å². The number of hydrogen-bond acceptors (Lipinski definition) is 6. The molecule has 3 aromatic rings. The zero-order valence-electron chi connectivity index (χ0n) is 15.1. The van der Waals surface area contributed by atoms with Crippen LogP contribution in [0.15, 0.2) is 54.9 Å². The van der Waals surface area contributed by atoms with Gasteiger partial charge in [-0.15, -0.1) is 0 Å². The first-order chi connectivity index (χ1) is 13.2. The Labute approximate surface area is 163 Å². The number of pyridine rings is 1. The number of aryl methyl sites for hydroxylation is 1. The summed E-state index contributed by atoms with van der Waals surface area (Å²) in [5.41, 5.74) is 2.01. The molecule has 0 atom stereocenters. The Morgan fingerprint density at radius 2 is 1.67 bits per heavy atom. The van der Waals surface area contributed by atoms with Gasteiger partial charge >= 0.3 is 0 Å². The standard InChI is InChI=1S/C20H21ClN6/c1-15-5-6-16(21)14-17(15)24-20-23-9-7-19(25-20)27-12-10-26(11-13-27)18-4-2-3-8-22-18/h2-9,14H,10-13H2,1H3,(H,23,24,25). The summed E-state index contributed by atoms with van der Waals surface area (Å²) in [6.45, 7) is 5.64. The molecule has 0 radical (unpaired) electrons. The summed E-state index contributed by atoms with van der Waals surface area (Å²) in [6, 6.07) is 13.7. The van der Waals surface area contributed by atoms with E-state index in [2.05, 4.69) is 36.1 Å². The molecule has 3 heterocycles. The molecular weight excluding hydrogens is 360 g/mol. The highest BCUT2D eigenvalue weighted by molar-refractivity contribution is 6.30. The molecule has 4 rings (SSSR count). The summed E-state index contributed by atoms with van der Waals surface area (Å²) >= 11 is 6.10. The molecule has 0 saturated carbocycles. The van der Waals surface area contributed by atoms with Gasteiger partial charge in [-0.05, 0) is 42.8 Å². The van der Waals surface area contributed by atoms with Crippen LogP contribution in [0.2, 0.25) is 5.02 Å². The first kappa shape index (κ1) is 17.5. The van der Waals surface area contributed by atoms with Gasteiger partial charge in [0.05, 0.1) is 0 Å². The molecule has 6 nitrogen and oxygen atoms in total. The van der Waals surface area contributed by atoms with Crippen LogP contribution < -0.4 is 15.1 Å². The lowest BCUT2D eigenvalue weighted by Crippen LogP contribution is -2.47. The average Bonchev–Trinajstić information content (AvgIpc) is 2.72. The van der Waals surface area contributed by atoms with E-state index in [1.54, 1.807) is 6.20 Å². The Hall–Kier alpha value is -2.86. The monoisotopic (exact) mass is 380 g/mol. The summed E-state index contributed by atoms with van der Waals surface area (Å²) < 4.78 is 0. The summed E-state index contributed by atoms with van der Waals surface area (Å²) in [5, 5.41) is 3.96. The van der Waals surface area contributed by atoms with Crippen molar-refractivity contribution in [1.29, 1.82) is 0 Å². The predicted molar refractivity (Wildman–Crippen MR) is 110 cm³/mol. The molecule has 1 N–H and O–H groups in total. The molecular formula is C20H21ClN6. The molecule has 1 aliphatic heterocycles. The van der Waals surface area contributed by atoms with Crippen molar-refractivity contribution in [2.45, 2.75) is 6.92 Å². The van der Waals surface area contributed by atoms with Crippen molar-refractivity contribution >= 4 is 34.9 Å². The highest BCUT2D eigenvalue weighted by atomic mass is 35.5. The fourth-order valence-corrected chi connectivity index (χ4v) is 3.31. The van der Waals surface area contributed by atoms with Crippen LogP contribution in [0.25, 0.3) is 0 Å². The van der Waals surface area contributed by atoms with E-state index in [0.29, 0.717) is 11.0 Å². The maximum Gasteiger partial charge on any atom is 0.229 e. The second kappa shape index (κ2) is 7.80. The number of aromatic nitrogens is 3. The van der Waals surface area contributed by atoms with Crippen molar-refractivity contribution in [3.05, 3.63) is 65.4 Å². The molecule has 2 aromatic heterocycles. The van der Waals surface area contributed by atoms with Gasteiger partial charge in [-0.25, -0.2) is 9.97 Å². The minimum absolute atomic E-state index is 0.574. The van der Waals surface area contributed by atoms with Crippen molar-refractivity contribution in [3.8, 4) is 0 Å². The Morgan fingerprint density at radius 1 is 0.889 bits per heavy atom. The van der Waals surface area contributed by atoms with Crippen molar-refractivity contribution < 1.29 is 0 Å². The van der Waals surface area contributed by atoms with Crippen molar-refractivity contribution in [2.75, 3.05) is 41.3 Å². The Bertz CT molecular complexity index is 909. The van der Waals surface area contributed by atoms with Gasteiger partial charge in [-0.3, -0.25) is 0 Å². The summed E-state index contributed by atoms with van der Waals surface area (Å²) in [6.07, 6.45) is 3.62. The molecule has 138 valence electrons. The summed E-state index contributed by atoms with van der Waals surface area (Å²) in [5.74, 6) is 2.52. The van der Waals surface area contributed by atoms with Crippen LogP contribution in [-0.4, -0.2) is 41.1 Å². The van der Waals surface area contributed by atoms with E-state index in [1.165, 1.54) is 0 Å². The van der Waals surface area contributed by atoms with Crippen LogP contribution in [0.5, 0.6) is 0 Å². The van der Waals surface area contributed by atoms with Crippen molar-refractivity contribution in [1.82, 2.24) is 15.0 Å². The fraction of sp³-hybridized carbons (Fsp3) is 0.250. The van der Waals surface area contributed by atoms with E-state index in [9.17, 15) is 0 Å². The third-order valence-corrected chi connectivity index (χ3v) is 4.90. The van der Waals surface area contributed by atoms with Crippen LogP contribution in [0.1, 0.15) is 5.56 Å². The first-order valence-corrected chi connectivity index (χ1v) is 9.34. The average molecular weight is 381 g/mol. The van der Waals surface area contributed by atoms with Crippen molar-refractivity contribution in [2.24, 2.45) is 0 Å². The molecule has 7 heteroatoms. The molecule has 0 bridgehead atoms. The Kier molecular flexibility index (Phi) is 5.07. The van der Waals surface area contributed by atoms with E-state index < -0.39 is 0 Å². The highest BCUT2D eigenvalue weighted by Gasteiger charge is 2.19. The molecule has 1 fully saturated rings. The van der Waals surface area contributed by atoms with E-state index in [-0.39, 0.29) is 0 Å². The van der Waals surface area contributed by atoms with Crippen LogP contribution >= 0.6 is 11.6 Å². The number of nitrogens with one attached hydrogen (secondary N) is 1. The quantitative estimate of drug-likeness (QED) is 0.740. The lowest BCUT2D eigenvalue weighted by atomic mass is 10.2. The normalized spacial score (nSPS) is 14.3. The number of halogens is 1. The van der Waals surface area contributed by atoms with Gasteiger partial charge < -0.3 is 15.1 Å². The predicted octanol–water partition coefficient (Wildman–Crippen LogP) is 3.90. The number of anilines is 4. The SMILES string of the molecule is Cc1ccc(Cl)cc1Nc1nccc(N2CCN(c3ccccn3)CC2)n1. The second-order valence-electron chi connectivity index (χ2n) is 6.48. The van der Waals surface area contributed by atoms with E-state index in [1.807, 2.05) is 49.5 Å². The second-order valence-corrected chi connectivity index (χ2v) is 6.92. The Morgan fingerprint density at radius 3 is 2.41 bits per heavy atom. The largest absolute Gasteiger partial charge is 0.353 e. The van der Waals surface area contributed by atoms with Crippen molar-refractivity contribution in [3.63, 3.8) is 0 Å². The molecule has 1 aromatic carbocycles. The summed E-state index contributed by atoms with van der Waals surface area (Å²) in [7, 11) is 0. The van der Waals surface area contributed by atoms with Crippen LogP contribution in [0.4, 0.5) is 23.3 Å². The lowest BCUT2D eigenvalue weighted by Gasteiger charge is -2.36. The van der Waals surface area contributed by atoms with Crippen LogP contribution in [0, 0.1) is 6.92 Å². The molecule has 27 heavy (non-hydrogen) atoms. The number of piperazine rings is 1. The van der Waals surface area contributed by atoms with Gasteiger partial charge in [-0.1, -0.05) is 23.7 Å². The van der Waals surface area contributed by atoms with Gasteiger partial charge in [0.15, 0.2) is 0 Å². The summed E-state index contributed by atoms with van der Waals surface area (Å²) in [4.78, 5) is 18.0. The first-order valence-electron chi connectivity index (χ1n) is 8.96. The van der Waals surface area contributed by atoms with Crippen LogP contribution in [0.3, 0.4) is 0 Å². The molecule has 0 unspecified atom stereocenters. The van der Waals surface area contributed by atoms with Gasteiger partial charge in [0.2, 0.25) is 5.95 Å². The van der Waals surface area contributed by atoms with E-state index >= 15 is 0 Å². The molecule has 0 aliphatic carbocycles. The number of nitrogens with zero attached hydrogens (tertiary/aromatic N) is 5. The maximum atomic E-state index is 6.10. The molecule has 1 saturated heterocycles. The third kappa shape index (κ3) is 4.11. The zero-order chi connectivity index (χ0) is 18.6. The number of benzene rings is 1. The smallest absolute Gasteiger partial charge is 0.229 e. The van der Waals surface area contributed by atoms with Gasteiger partial charge in [0.1, 0.15) is 11.6 Å². The number of hydrogen-bond donors (Lipinski definition) is 1. The third-order valence-electron chi connectivity index (χ3n) is 4.66.